The van der Waals surface area contributed by atoms with Gasteiger partial charge in [-0.2, -0.15) is 0 Å². The number of carbonyl (C=O) groups excluding carboxylic acids is 3. The van der Waals surface area contributed by atoms with E-state index in [0.29, 0.717) is 11.1 Å². The first-order chi connectivity index (χ1) is 11.9. The molecule has 25 heavy (non-hydrogen) atoms. The lowest BCUT2D eigenvalue weighted by molar-refractivity contribution is -0.180. The number of fused-ring (bicyclic) bond motifs is 1. The Morgan fingerprint density at radius 2 is 1.52 bits per heavy atom. The van der Waals surface area contributed by atoms with Crippen LogP contribution >= 0.6 is 0 Å². The second kappa shape index (κ2) is 6.40. The maximum Gasteiger partial charge on any atom is 0.366 e. The highest BCUT2D eigenvalue weighted by molar-refractivity contribution is 6.20. The van der Waals surface area contributed by atoms with Crippen molar-refractivity contribution in [1.82, 2.24) is 5.06 Å². The largest absolute Gasteiger partial charge is 0.366 e. The molecule has 0 spiro atoms. The molecular weight excluding hydrogens is 336 g/mol. The number of amides is 2. The number of imide groups is 1. The summed E-state index contributed by atoms with van der Waals surface area (Å²) in [4.78, 5) is 41.4. The van der Waals surface area contributed by atoms with Crippen molar-refractivity contribution in [1.29, 1.82) is 0 Å². The SMILES string of the molecule is COC(C(=O)ON1C(=O)c2ccccc2C1=O)c1cc(F)cc(F)c1. The smallest absolute Gasteiger partial charge is 0.365 e. The Hall–Kier alpha value is -3.13. The number of hydrogen-bond donors (Lipinski definition) is 0. The van der Waals surface area contributed by atoms with E-state index in [2.05, 4.69) is 0 Å². The minimum Gasteiger partial charge on any atom is -0.365 e. The summed E-state index contributed by atoms with van der Waals surface area (Å²) in [5.41, 5.74) is 0.0266. The number of hydrogen-bond acceptors (Lipinski definition) is 5. The molecule has 128 valence electrons. The molecule has 0 saturated carbocycles. The monoisotopic (exact) mass is 347 g/mol. The van der Waals surface area contributed by atoms with Crippen LogP contribution in [0.2, 0.25) is 0 Å². The van der Waals surface area contributed by atoms with Crippen LogP contribution in [0, 0.1) is 11.6 Å². The van der Waals surface area contributed by atoms with Gasteiger partial charge in [0.25, 0.3) is 11.8 Å². The number of ether oxygens (including phenoxy) is 1. The van der Waals surface area contributed by atoms with Crippen LogP contribution in [-0.2, 0) is 14.4 Å². The lowest BCUT2D eigenvalue weighted by atomic mass is 10.1. The summed E-state index contributed by atoms with van der Waals surface area (Å²) < 4.78 is 31.6. The molecule has 2 aromatic rings. The van der Waals surface area contributed by atoms with Crippen molar-refractivity contribution in [3.8, 4) is 0 Å². The third-order valence-electron chi connectivity index (χ3n) is 3.58. The third kappa shape index (κ3) is 2.99. The zero-order valence-corrected chi connectivity index (χ0v) is 12.9. The molecule has 3 rings (SSSR count). The van der Waals surface area contributed by atoms with Crippen molar-refractivity contribution < 1.29 is 32.7 Å². The summed E-state index contributed by atoms with van der Waals surface area (Å²) in [6, 6.07) is 8.36. The lowest BCUT2D eigenvalue weighted by Gasteiger charge is -2.18. The molecular formula is C17H11F2NO5. The van der Waals surface area contributed by atoms with Gasteiger partial charge in [-0.15, -0.1) is 0 Å². The van der Waals surface area contributed by atoms with Crippen molar-refractivity contribution in [3.05, 3.63) is 70.8 Å². The van der Waals surface area contributed by atoms with Crippen molar-refractivity contribution in [2.45, 2.75) is 6.10 Å². The van der Waals surface area contributed by atoms with Crippen molar-refractivity contribution in [2.24, 2.45) is 0 Å². The molecule has 2 amide bonds. The van der Waals surface area contributed by atoms with Crippen molar-refractivity contribution >= 4 is 17.8 Å². The van der Waals surface area contributed by atoms with Crippen LogP contribution in [0.15, 0.2) is 42.5 Å². The van der Waals surface area contributed by atoms with Crippen LogP contribution in [0.3, 0.4) is 0 Å². The highest BCUT2D eigenvalue weighted by atomic mass is 19.1. The van der Waals surface area contributed by atoms with Crippen molar-refractivity contribution in [3.63, 3.8) is 0 Å². The van der Waals surface area contributed by atoms with E-state index in [0.717, 1.165) is 19.2 Å². The zero-order chi connectivity index (χ0) is 18.1. The predicted octanol–water partition coefficient (Wildman–Crippen LogP) is 2.41. The Labute approximate surface area is 140 Å². The molecule has 6 nitrogen and oxygen atoms in total. The molecule has 0 aromatic heterocycles. The Bertz CT molecular complexity index is 828. The number of carbonyl (C=O) groups is 3. The number of halogens is 2. The molecule has 1 aliphatic rings. The Balaban J connectivity index is 1.84. The number of rotatable bonds is 4. The molecule has 0 N–H and O–H groups in total. The normalized spacial score (nSPS) is 14.4. The van der Waals surface area contributed by atoms with Crippen LogP contribution in [0.5, 0.6) is 0 Å². The molecule has 0 bridgehead atoms. The molecule has 0 radical (unpaired) electrons. The van der Waals surface area contributed by atoms with Gasteiger partial charge in [-0.1, -0.05) is 17.2 Å². The number of benzene rings is 2. The van der Waals surface area contributed by atoms with E-state index >= 15 is 0 Å². The highest BCUT2D eigenvalue weighted by Crippen LogP contribution is 2.26. The number of hydroxylamine groups is 2. The average molecular weight is 347 g/mol. The number of nitrogens with zero attached hydrogens (tertiary/aromatic N) is 1. The van der Waals surface area contributed by atoms with Gasteiger partial charge in [0.15, 0.2) is 6.10 Å². The van der Waals surface area contributed by atoms with Gasteiger partial charge in [0.05, 0.1) is 11.1 Å². The molecule has 1 atom stereocenters. The first-order valence-electron chi connectivity index (χ1n) is 7.10. The van der Waals surface area contributed by atoms with Gasteiger partial charge >= 0.3 is 5.97 Å². The summed E-state index contributed by atoms with van der Waals surface area (Å²) >= 11 is 0. The Morgan fingerprint density at radius 3 is 2.00 bits per heavy atom. The maximum absolute atomic E-state index is 13.3. The first kappa shape index (κ1) is 16.7. The standard InChI is InChI=1S/C17H11F2NO5/c1-24-14(9-6-10(18)8-11(19)7-9)17(23)25-20-15(21)12-4-2-3-5-13(12)16(20)22/h2-8,14H,1H3. The second-order valence-corrected chi connectivity index (χ2v) is 5.18. The van der Waals surface area contributed by atoms with E-state index < -0.39 is 35.5 Å². The molecule has 8 heteroatoms. The molecule has 2 aromatic carbocycles. The van der Waals surface area contributed by atoms with E-state index in [1.807, 2.05) is 0 Å². The maximum atomic E-state index is 13.3. The fourth-order valence-corrected chi connectivity index (χ4v) is 2.48. The van der Waals surface area contributed by atoms with E-state index in [4.69, 9.17) is 9.57 Å². The number of methoxy groups -OCH3 is 1. The minimum atomic E-state index is -1.52. The summed E-state index contributed by atoms with van der Waals surface area (Å²) in [6.07, 6.45) is -1.52. The Morgan fingerprint density at radius 1 is 1.00 bits per heavy atom. The topological polar surface area (TPSA) is 72.9 Å². The predicted molar refractivity (Wildman–Crippen MR) is 79.1 cm³/mol. The van der Waals surface area contributed by atoms with Gasteiger partial charge < -0.3 is 9.57 Å². The summed E-state index contributed by atoms with van der Waals surface area (Å²) in [5.74, 6) is -4.61. The molecule has 1 aliphatic heterocycles. The third-order valence-corrected chi connectivity index (χ3v) is 3.58. The fraction of sp³-hybridized carbons (Fsp3) is 0.118. The zero-order valence-electron chi connectivity index (χ0n) is 12.9. The minimum absolute atomic E-state index is 0.0890. The Kier molecular flexibility index (Phi) is 4.28. The molecule has 0 fully saturated rings. The quantitative estimate of drug-likeness (QED) is 0.794. The summed E-state index contributed by atoms with van der Waals surface area (Å²) in [5, 5.41) is 0.300. The van der Waals surface area contributed by atoms with E-state index in [1.54, 1.807) is 12.1 Å². The summed E-state index contributed by atoms with van der Waals surface area (Å²) in [7, 11) is 1.12. The van der Waals surface area contributed by atoms with E-state index in [-0.39, 0.29) is 16.7 Å². The van der Waals surface area contributed by atoms with Gasteiger partial charge in [-0.25, -0.2) is 13.6 Å². The van der Waals surface area contributed by atoms with E-state index in [9.17, 15) is 23.2 Å². The molecule has 1 unspecified atom stereocenters. The van der Waals surface area contributed by atoms with Crippen LogP contribution < -0.4 is 0 Å². The van der Waals surface area contributed by atoms with Gasteiger partial charge in [-0.05, 0) is 29.8 Å². The van der Waals surface area contributed by atoms with Crippen LogP contribution in [-0.4, -0.2) is 30.0 Å². The fourth-order valence-electron chi connectivity index (χ4n) is 2.48. The summed E-state index contributed by atoms with van der Waals surface area (Å²) in [6.45, 7) is 0. The second-order valence-electron chi connectivity index (χ2n) is 5.18. The van der Waals surface area contributed by atoms with Crippen LogP contribution in [0.4, 0.5) is 8.78 Å². The van der Waals surface area contributed by atoms with Gasteiger partial charge in [0, 0.05) is 13.2 Å². The van der Waals surface area contributed by atoms with Gasteiger partial charge in [-0.3, -0.25) is 9.59 Å². The highest BCUT2D eigenvalue weighted by Gasteiger charge is 2.40. The van der Waals surface area contributed by atoms with Crippen LogP contribution in [0.1, 0.15) is 32.4 Å². The van der Waals surface area contributed by atoms with Gasteiger partial charge in [0.2, 0.25) is 0 Å². The molecule has 0 aliphatic carbocycles. The van der Waals surface area contributed by atoms with Gasteiger partial charge in [0.1, 0.15) is 11.6 Å². The molecule has 0 saturated heterocycles. The average Bonchev–Trinajstić information content (AvgIpc) is 2.80. The van der Waals surface area contributed by atoms with Crippen molar-refractivity contribution in [2.75, 3.05) is 7.11 Å². The lowest BCUT2D eigenvalue weighted by Crippen LogP contribution is -2.35. The first-order valence-corrected chi connectivity index (χ1v) is 7.10. The van der Waals surface area contributed by atoms with E-state index in [1.165, 1.54) is 12.1 Å². The van der Waals surface area contributed by atoms with Crippen LogP contribution in [0.25, 0.3) is 0 Å². The molecule has 1 heterocycles.